The number of amidine groups is 1. The fraction of sp³-hybridized carbons (Fsp3) is 0.217. The highest BCUT2D eigenvalue weighted by atomic mass is 35.5. The van der Waals surface area contributed by atoms with Crippen molar-refractivity contribution in [3.05, 3.63) is 76.7 Å². The van der Waals surface area contributed by atoms with E-state index in [1.165, 1.54) is 11.8 Å². The number of rotatable bonds is 7. The lowest BCUT2D eigenvalue weighted by molar-refractivity contribution is -0.122. The highest BCUT2D eigenvalue weighted by Crippen LogP contribution is 2.35. The average Bonchev–Trinajstić information content (AvgIpc) is 2.97. The third kappa shape index (κ3) is 5.75. The first-order chi connectivity index (χ1) is 14.0. The Bertz CT molecular complexity index is 934. The smallest absolute Gasteiger partial charge is 0.266 e. The number of hydrogen-bond donors (Lipinski definition) is 0. The molecule has 1 amide bonds. The van der Waals surface area contributed by atoms with Crippen LogP contribution in [0.5, 0.6) is 5.75 Å². The second-order valence-corrected chi connectivity index (χ2v) is 8.41. The molecule has 0 N–H and O–H groups in total. The van der Waals surface area contributed by atoms with Crippen molar-refractivity contribution >= 4 is 46.2 Å². The van der Waals surface area contributed by atoms with Gasteiger partial charge in [0.1, 0.15) is 12.4 Å². The first-order valence-corrected chi connectivity index (χ1v) is 10.5. The summed E-state index contributed by atoms with van der Waals surface area (Å²) in [6, 6.07) is 14.9. The van der Waals surface area contributed by atoms with Gasteiger partial charge in [-0.25, -0.2) is 4.99 Å². The molecule has 1 saturated heterocycles. The summed E-state index contributed by atoms with van der Waals surface area (Å²) in [5, 5.41) is 1.34. The number of hydrogen-bond acceptors (Lipinski definition) is 4. The van der Waals surface area contributed by atoms with Crippen molar-refractivity contribution in [2.45, 2.75) is 13.8 Å². The van der Waals surface area contributed by atoms with Crippen LogP contribution in [0, 0.1) is 5.92 Å². The molecule has 2 aromatic carbocycles. The zero-order valence-electron chi connectivity index (χ0n) is 16.5. The molecule has 3 rings (SSSR count). The van der Waals surface area contributed by atoms with E-state index in [-0.39, 0.29) is 5.91 Å². The highest BCUT2D eigenvalue weighted by molar-refractivity contribution is 8.18. The Morgan fingerprint density at radius 2 is 1.86 bits per heavy atom. The molecule has 1 aliphatic heterocycles. The van der Waals surface area contributed by atoms with Gasteiger partial charge >= 0.3 is 0 Å². The third-order valence-electron chi connectivity index (χ3n) is 4.03. The number of ether oxygens (including phenoxy) is 1. The lowest BCUT2D eigenvalue weighted by Crippen LogP contribution is -2.32. The molecule has 2 aromatic rings. The third-order valence-corrected chi connectivity index (χ3v) is 5.29. The summed E-state index contributed by atoms with van der Waals surface area (Å²) in [5.41, 5.74) is 1.70. The summed E-state index contributed by atoms with van der Waals surface area (Å²) in [6.07, 6.45) is 3.59. The minimum Gasteiger partial charge on any atom is -0.490 e. The van der Waals surface area contributed by atoms with Crippen LogP contribution in [0.4, 0.5) is 5.69 Å². The molecule has 0 saturated carbocycles. The molecular formula is C23H23ClN2O2S. The van der Waals surface area contributed by atoms with Gasteiger partial charge in [0.05, 0.1) is 10.6 Å². The largest absolute Gasteiger partial charge is 0.490 e. The molecule has 0 radical (unpaired) electrons. The first kappa shape index (κ1) is 21.2. The van der Waals surface area contributed by atoms with E-state index in [1.807, 2.05) is 42.5 Å². The predicted molar refractivity (Wildman–Crippen MR) is 123 cm³/mol. The Kier molecular flexibility index (Phi) is 7.18. The van der Waals surface area contributed by atoms with Gasteiger partial charge in [-0.15, -0.1) is 0 Å². The standard InChI is InChI=1S/C23H23ClN2O2S/c1-4-13-28-20-11-5-17(6-12-20)14-21-22(27)26(15-16(2)3)23(29-21)25-19-9-7-18(24)8-10-19/h4-12,14,16H,1,13,15H2,2-3H3/b21-14-,25-23?. The van der Waals surface area contributed by atoms with Gasteiger partial charge in [0.25, 0.3) is 5.91 Å². The minimum atomic E-state index is -0.0246. The second-order valence-electron chi connectivity index (χ2n) is 6.96. The maximum absolute atomic E-state index is 13.0. The van der Waals surface area contributed by atoms with Gasteiger partial charge in [0, 0.05) is 11.6 Å². The van der Waals surface area contributed by atoms with Crippen molar-refractivity contribution in [2.24, 2.45) is 10.9 Å². The normalized spacial score (nSPS) is 16.8. The SMILES string of the molecule is C=CCOc1ccc(/C=C2\SC(=Nc3ccc(Cl)cc3)N(CC(C)C)C2=O)cc1. The van der Waals surface area contributed by atoms with E-state index in [2.05, 4.69) is 25.4 Å². The predicted octanol–water partition coefficient (Wildman–Crippen LogP) is 6.16. The van der Waals surface area contributed by atoms with Gasteiger partial charge in [-0.3, -0.25) is 9.69 Å². The van der Waals surface area contributed by atoms with E-state index >= 15 is 0 Å². The highest BCUT2D eigenvalue weighted by Gasteiger charge is 2.33. The van der Waals surface area contributed by atoms with E-state index in [0.29, 0.717) is 34.2 Å². The molecule has 0 aromatic heterocycles. The number of benzene rings is 2. The monoisotopic (exact) mass is 426 g/mol. The lowest BCUT2D eigenvalue weighted by atomic mass is 10.2. The number of aliphatic imine (C=N–C) groups is 1. The number of carbonyl (C=O) groups is 1. The molecule has 1 heterocycles. The quantitative estimate of drug-likeness (QED) is 0.393. The van der Waals surface area contributed by atoms with E-state index in [1.54, 1.807) is 23.1 Å². The van der Waals surface area contributed by atoms with Crippen molar-refractivity contribution in [3.8, 4) is 5.75 Å². The topological polar surface area (TPSA) is 41.9 Å². The van der Waals surface area contributed by atoms with Gasteiger partial charge in [0.2, 0.25) is 0 Å². The zero-order chi connectivity index (χ0) is 20.8. The van der Waals surface area contributed by atoms with Crippen LogP contribution in [-0.4, -0.2) is 29.1 Å². The number of thioether (sulfide) groups is 1. The fourth-order valence-electron chi connectivity index (χ4n) is 2.71. The number of carbonyl (C=O) groups excluding carboxylic acids is 1. The van der Waals surface area contributed by atoms with Crippen LogP contribution in [0.25, 0.3) is 6.08 Å². The van der Waals surface area contributed by atoms with Crippen LogP contribution < -0.4 is 4.74 Å². The molecule has 0 atom stereocenters. The molecule has 0 aliphatic carbocycles. The molecule has 0 spiro atoms. The molecule has 150 valence electrons. The Morgan fingerprint density at radius 3 is 2.48 bits per heavy atom. The van der Waals surface area contributed by atoms with Crippen LogP contribution in [0.1, 0.15) is 19.4 Å². The van der Waals surface area contributed by atoms with Crippen molar-refractivity contribution in [2.75, 3.05) is 13.2 Å². The minimum absolute atomic E-state index is 0.0246. The number of amides is 1. The maximum atomic E-state index is 13.0. The van der Waals surface area contributed by atoms with Gasteiger partial charge in [-0.2, -0.15) is 0 Å². The fourth-order valence-corrected chi connectivity index (χ4v) is 3.84. The van der Waals surface area contributed by atoms with Crippen molar-refractivity contribution in [1.29, 1.82) is 0 Å². The Balaban J connectivity index is 1.86. The summed E-state index contributed by atoms with van der Waals surface area (Å²) < 4.78 is 5.51. The number of nitrogens with zero attached hydrogens (tertiary/aromatic N) is 2. The van der Waals surface area contributed by atoms with E-state index in [9.17, 15) is 4.79 Å². The Hall–Kier alpha value is -2.50. The van der Waals surface area contributed by atoms with E-state index in [0.717, 1.165) is 17.0 Å². The first-order valence-electron chi connectivity index (χ1n) is 9.35. The Labute approximate surface area is 180 Å². The van der Waals surface area contributed by atoms with E-state index in [4.69, 9.17) is 16.3 Å². The molecule has 6 heteroatoms. The average molecular weight is 427 g/mol. The number of halogens is 1. The van der Waals surface area contributed by atoms with Gasteiger partial charge < -0.3 is 4.74 Å². The van der Waals surface area contributed by atoms with Gasteiger partial charge in [0.15, 0.2) is 5.17 Å². The van der Waals surface area contributed by atoms with E-state index < -0.39 is 0 Å². The van der Waals surface area contributed by atoms with Crippen molar-refractivity contribution in [3.63, 3.8) is 0 Å². The maximum Gasteiger partial charge on any atom is 0.266 e. The van der Waals surface area contributed by atoms with Crippen LogP contribution in [-0.2, 0) is 4.79 Å². The second kappa shape index (κ2) is 9.81. The lowest BCUT2D eigenvalue weighted by Gasteiger charge is -2.17. The molecular weight excluding hydrogens is 404 g/mol. The molecule has 0 bridgehead atoms. The van der Waals surface area contributed by atoms with Crippen LogP contribution in [0.2, 0.25) is 5.02 Å². The summed E-state index contributed by atoms with van der Waals surface area (Å²) in [5.74, 6) is 1.07. The summed E-state index contributed by atoms with van der Waals surface area (Å²) in [4.78, 5) is 20.1. The molecule has 0 unspecified atom stereocenters. The van der Waals surface area contributed by atoms with Crippen LogP contribution in [0.15, 0.2) is 71.1 Å². The molecule has 4 nitrogen and oxygen atoms in total. The van der Waals surface area contributed by atoms with Crippen LogP contribution >= 0.6 is 23.4 Å². The van der Waals surface area contributed by atoms with Gasteiger partial charge in [-0.05, 0) is 65.7 Å². The summed E-state index contributed by atoms with van der Waals surface area (Å²) >= 11 is 7.35. The summed E-state index contributed by atoms with van der Waals surface area (Å²) in [6.45, 7) is 8.89. The van der Waals surface area contributed by atoms with Crippen molar-refractivity contribution < 1.29 is 9.53 Å². The van der Waals surface area contributed by atoms with Crippen LogP contribution in [0.3, 0.4) is 0 Å². The Morgan fingerprint density at radius 1 is 1.17 bits per heavy atom. The van der Waals surface area contributed by atoms with Crippen molar-refractivity contribution in [1.82, 2.24) is 4.90 Å². The molecule has 1 aliphatic rings. The zero-order valence-corrected chi connectivity index (χ0v) is 18.0. The van der Waals surface area contributed by atoms with Gasteiger partial charge in [-0.1, -0.05) is 50.2 Å². The molecule has 1 fully saturated rings. The summed E-state index contributed by atoms with van der Waals surface area (Å²) in [7, 11) is 0. The molecule has 29 heavy (non-hydrogen) atoms.